The second-order valence-corrected chi connectivity index (χ2v) is 6.61. The predicted octanol–water partition coefficient (Wildman–Crippen LogP) is 2.97. The number of aryl methyl sites for hydroxylation is 1. The van der Waals surface area contributed by atoms with Gasteiger partial charge < -0.3 is 19.8 Å². The zero-order valence-corrected chi connectivity index (χ0v) is 16.4. The van der Waals surface area contributed by atoms with E-state index in [-0.39, 0.29) is 13.0 Å². The van der Waals surface area contributed by atoms with Gasteiger partial charge in [-0.2, -0.15) is 0 Å². The Kier molecular flexibility index (Phi) is 6.79. The zero-order valence-electron chi connectivity index (χ0n) is 16.4. The van der Waals surface area contributed by atoms with Gasteiger partial charge in [-0.25, -0.2) is 4.39 Å². The number of esters is 1. The molecule has 0 atom stereocenters. The van der Waals surface area contributed by atoms with E-state index >= 15 is 0 Å². The molecule has 0 spiro atoms. The van der Waals surface area contributed by atoms with E-state index in [0.29, 0.717) is 16.8 Å². The molecule has 0 bridgehead atoms. The van der Waals surface area contributed by atoms with Crippen molar-refractivity contribution in [3.8, 4) is 0 Å². The number of halogens is 1. The Bertz CT molecular complexity index is 1060. The summed E-state index contributed by atoms with van der Waals surface area (Å²) in [4.78, 5) is 35.6. The lowest BCUT2D eigenvalue weighted by atomic mass is 10.1. The van der Waals surface area contributed by atoms with Crippen LogP contribution in [0.4, 0.5) is 10.1 Å². The molecule has 1 aromatic heterocycles. The molecule has 0 unspecified atom stereocenters. The molecule has 0 aliphatic carbocycles. The summed E-state index contributed by atoms with van der Waals surface area (Å²) in [5, 5.41) is 5.68. The van der Waals surface area contributed by atoms with Crippen molar-refractivity contribution in [2.24, 2.45) is 0 Å². The van der Waals surface area contributed by atoms with Crippen LogP contribution in [-0.4, -0.2) is 30.9 Å². The maximum absolute atomic E-state index is 12.8. The summed E-state index contributed by atoms with van der Waals surface area (Å²) in [7, 11) is 0. The fourth-order valence-electron chi connectivity index (χ4n) is 2.81. The molecule has 30 heavy (non-hydrogen) atoms. The number of furan rings is 1. The summed E-state index contributed by atoms with van der Waals surface area (Å²) in [5.74, 6) is -2.10. The quantitative estimate of drug-likeness (QED) is 0.555. The van der Waals surface area contributed by atoms with Gasteiger partial charge in [0.1, 0.15) is 11.4 Å². The van der Waals surface area contributed by atoms with Gasteiger partial charge in [-0.15, -0.1) is 0 Å². The van der Waals surface area contributed by atoms with Crippen molar-refractivity contribution in [1.82, 2.24) is 5.32 Å². The number of hydrogen-bond acceptors (Lipinski definition) is 5. The van der Waals surface area contributed by atoms with Crippen LogP contribution in [0.2, 0.25) is 0 Å². The van der Waals surface area contributed by atoms with Gasteiger partial charge >= 0.3 is 5.97 Å². The molecule has 0 fully saturated rings. The minimum atomic E-state index is -0.609. The van der Waals surface area contributed by atoms with Crippen LogP contribution < -0.4 is 10.6 Å². The van der Waals surface area contributed by atoms with Crippen LogP contribution in [0.5, 0.6) is 0 Å². The van der Waals surface area contributed by atoms with Crippen LogP contribution >= 0.6 is 0 Å². The van der Waals surface area contributed by atoms with Crippen LogP contribution in [0.1, 0.15) is 18.1 Å². The maximum Gasteiger partial charge on any atom is 0.310 e. The molecule has 2 N–H and O–H groups in total. The van der Waals surface area contributed by atoms with Gasteiger partial charge in [-0.1, -0.05) is 19.1 Å². The van der Waals surface area contributed by atoms with Crippen LogP contribution in [0.3, 0.4) is 0 Å². The third kappa shape index (κ3) is 5.66. The van der Waals surface area contributed by atoms with Gasteiger partial charge in [0.05, 0.1) is 19.2 Å². The maximum atomic E-state index is 12.8. The van der Waals surface area contributed by atoms with Gasteiger partial charge in [-0.05, 0) is 42.3 Å². The number of carbonyl (C=O) groups is 3. The summed E-state index contributed by atoms with van der Waals surface area (Å²) in [6, 6.07) is 11.0. The lowest BCUT2D eigenvalue weighted by Crippen LogP contribution is -2.35. The number of rotatable bonds is 8. The first-order valence-corrected chi connectivity index (χ1v) is 9.41. The number of amides is 2. The Labute approximate surface area is 172 Å². The van der Waals surface area contributed by atoms with Crippen molar-refractivity contribution in [3.05, 3.63) is 65.7 Å². The molecule has 156 valence electrons. The molecule has 7 nitrogen and oxygen atoms in total. The molecule has 0 saturated carbocycles. The Morgan fingerprint density at radius 3 is 2.57 bits per heavy atom. The molecule has 0 saturated heterocycles. The second kappa shape index (κ2) is 9.69. The van der Waals surface area contributed by atoms with Crippen LogP contribution in [-0.2, 0) is 32.0 Å². The summed E-state index contributed by atoms with van der Waals surface area (Å²) >= 11 is 0. The van der Waals surface area contributed by atoms with Crippen LogP contribution in [0.15, 0.2) is 53.1 Å². The van der Waals surface area contributed by atoms with Gasteiger partial charge in [0.15, 0.2) is 6.61 Å². The smallest absolute Gasteiger partial charge is 0.310 e. The Morgan fingerprint density at radius 2 is 1.83 bits per heavy atom. The molecule has 3 rings (SSSR count). The first-order valence-electron chi connectivity index (χ1n) is 9.41. The van der Waals surface area contributed by atoms with E-state index in [1.807, 2.05) is 25.1 Å². The van der Waals surface area contributed by atoms with E-state index in [1.165, 1.54) is 30.5 Å². The summed E-state index contributed by atoms with van der Waals surface area (Å²) in [5.41, 5.74) is 2.91. The van der Waals surface area contributed by atoms with E-state index in [4.69, 9.17) is 9.15 Å². The predicted molar refractivity (Wildman–Crippen MR) is 108 cm³/mol. The Balaban J connectivity index is 1.41. The molecule has 0 aliphatic rings. The van der Waals surface area contributed by atoms with Gasteiger partial charge in [0.2, 0.25) is 5.91 Å². The number of anilines is 1. The Morgan fingerprint density at radius 1 is 1.07 bits per heavy atom. The molecule has 3 aromatic rings. The number of carbonyl (C=O) groups excluding carboxylic acids is 3. The molecule has 0 radical (unpaired) electrons. The number of hydrogen-bond donors (Lipinski definition) is 2. The lowest BCUT2D eigenvalue weighted by Gasteiger charge is -2.07. The normalized spacial score (nSPS) is 10.6. The highest BCUT2D eigenvalue weighted by molar-refractivity contribution is 5.95. The van der Waals surface area contributed by atoms with E-state index in [9.17, 15) is 18.8 Å². The first kappa shape index (κ1) is 21.0. The molecule has 2 aromatic carbocycles. The minimum Gasteiger partial charge on any atom is -0.464 e. The number of fused-ring (bicyclic) bond motifs is 1. The average Bonchev–Trinajstić information content (AvgIpc) is 3.14. The van der Waals surface area contributed by atoms with Crippen molar-refractivity contribution in [1.29, 1.82) is 0 Å². The highest BCUT2D eigenvalue weighted by atomic mass is 19.1. The number of ether oxygens (including phenoxy) is 1. The fraction of sp³-hybridized carbons (Fsp3) is 0.227. The molecule has 0 aliphatic heterocycles. The Hall–Kier alpha value is -3.68. The molecule has 2 amide bonds. The molecular weight excluding hydrogens is 391 g/mol. The second-order valence-electron chi connectivity index (χ2n) is 6.61. The van der Waals surface area contributed by atoms with Crippen molar-refractivity contribution >= 4 is 34.4 Å². The summed E-state index contributed by atoms with van der Waals surface area (Å²) in [6.07, 6.45) is 2.35. The van der Waals surface area contributed by atoms with E-state index in [1.54, 1.807) is 0 Å². The zero-order chi connectivity index (χ0) is 21.5. The minimum absolute atomic E-state index is 0.0309. The lowest BCUT2D eigenvalue weighted by molar-refractivity contribution is -0.147. The van der Waals surface area contributed by atoms with Gasteiger partial charge in [0, 0.05) is 16.6 Å². The monoisotopic (exact) mass is 412 g/mol. The fourth-order valence-corrected chi connectivity index (χ4v) is 2.81. The van der Waals surface area contributed by atoms with Crippen molar-refractivity contribution in [2.75, 3.05) is 18.5 Å². The van der Waals surface area contributed by atoms with Crippen molar-refractivity contribution in [2.45, 2.75) is 19.8 Å². The van der Waals surface area contributed by atoms with Gasteiger partial charge in [0.25, 0.3) is 5.91 Å². The third-order valence-corrected chi connectivity index (χ3v) is 4.40. The standard InChI is InChI=1S/C22H21FN2O5/c1-2-14-3-8-18-15(12-29-19(18)9-14)10-22(28)30-13-21(27)24-11-20(26)25-17-6-4-16(23)5-7-17/h3-9,12H,2,10-11,13H2,1H3,(H,24,27)(H,25,26). The average molecular weight is 412 g/mol. The highest BCUT2D eigenvalue weighted by Crippen LogP contribution is 2.23. The largest absolute Gasteiger partial charge is 0.464 e. The third-order valence-electron chi connectivity index (χ3n) is 4.40. The van der Waals surface area contributed by atoms with Crippen LogP contribution in [0.25, 0.3) is 11.0 Å². The molecule has 8 heteroatoms. The SMILES string of the molecule is CCc1ccc2c(CC(=O)OCC(=O)NCC(=O)Nc3ccc(F)cc3)coc2c1. The first-order chi connectivity index (χ1) is 14.4. The van der Waals surface area contributed by atoms with Crippen molar-refractivity contribution < 1.29 is 27.9 Å². The van der Waals surface area contributed by atoms with E-state index < -0.39 is 30.2 Å². The molecule has 1 heterocycles. The summed E-state index contributed by atoms with van der Waals surface area (Å²) in [6.45, 7) is 1.23. The topological polar surface area (TPSA) is 97.6 Å². The van der Waals surface area contributed by atoms with E-state index in [2.05, 4.69) is 10.6 Å². The molecular formula is C22H21FN2O5. The van der Waals surface area contributed by atoms with Crippen molar-refractivity contribution in [3.63, 3.8) is 0 Å². The summed E-state index contributed by atoms with van der Waals surface area (Å²) < 4.78 is 23.3. The highest BCUT2D eigenvalue weighted by Gasteiger charge is 2.14. The van der Waals surface area contributed by atoms with Gasteiger partial charge in [-0.3, -0.25) is 14.4 Å². The van der Waals surface area contributed by atoms with Crippen LogP contribution in [0, 0.1) is 5.82 Å². The number of nitrogens with one attached hydrogen (secondary N) is 2. The van der Waals surface area contributed by atoms with E-state index in [0.717, 1.165) is 17.4 Å². The number of benzene rings is 2.